The van der Waals surface area contributed by atoms with Gasteiger partial charge >= 0.3 is 0 Å². The molecular weight excluding hydrogens is 238 g/mol. The number of benzene rings is 1. The number of hydrogen-bond acceptors (Lipinski definition) is 3. The summed E-state index contributed by atoms with van der Waals surface area (Å²) < 4.78 is 27.1. The molecule has 96 valence electrons. The zero-order valence-corrected chi connectivity index (χ0v) is 11.0. The maximum Gasteiger partial charge on any atom is 0.279 e. The van der Waals surface area contributed by atoms with Gasteiger partial charge in [-0.2, -0.15) is 12.7 Å². The van der Waals surface area contributed by atoms with Gasteiger partial charge in [-0.3, -0.25) is 0 Å². The minimum atomic E-state index is -3.38. The number of rotatable bonds is 6. The molecule has 0 atom stereocenters. The zero-order valence-electron chi connectivity index (χ0n) is 10.2. The van der Waals surface area contributed by atoms with E-state index in [1.807, 2.05) is 24.3 Å². The van der Waals surface area contributed by atoms with Crippen LogP contribution in [0, 0.1) is 0 Å². The Morgan fingerprint density at radius 1 is 1.35 bits per heavy atom. The smallest absolute Gasteiger partial charge is 0.279 e. The highest BCUT2D eigenvalue weighted by atomic mass is 32.2. The minimum Gasteiger partial charge on any atom is -0.326 e. The highest BCUT2D eigenvalue weighted by molar-refractivity contribution is 7.87. The van der Waals surface area contributed by atoms with Gasteiger partial charge in [0.2, 0.25) is 0 Å². The molecule has 0 spiro atoms. The first-order chi connectivity index (χ1) is 7.99. The van der Waals surface area contributed by atoms with Crippen LogP contribution < -0.4 is 10.5 Å². The third-order valence-corrected chi connectivity index (χ3v) is 3.97. The predicted molar refractivity (Wildman–Crippen MR) is 68.4 cm³/mol. The molecular formula is C11H19N3O2S. The van der Waals surface area contributed by atoms with Crippen molar-refractivity contribution in [1.29, 1.82) is 0 Å². The lowest BCUT2D eigenvalue weighted by molar-refractivity contribution is 0.456. The highest BCUT2D eigenvalue weighted by Crippen LogP contribution is 2.08. The van der Waals surface area contributed by atoms with Gasteiger partial charge in [0.15, 0.2) is 0 Å². The van der Waals surface area contributed by atoms with Gasteiger partial charge < -0.3 is 5.73 Å². The molecule has 0 bridgehead atoms. The number of hydrogen-bond donors (Lipinski definition) is 2. The summed E-state index contributed by atoms with van der Waals surface area (Å²) in [5, 5.41) is 0. The molecule has 17 heavy (non-hydrogen) atoms. The molecule has 0 saturated carbocycles. The number of nitrogens with one attached hydrogen (secondary N) is 1. The van der Waals surface area contributed by atoms with Crippen LogP contribution in [0.2, 0.25) is 0 Å². The Labute approximate surface area is 103 Å². The summed E-state index contributed by atoms with van der Waals surface area (Å²) >= 11 is 0. The van der Waals surface area contributed by atoms with Crippen molar-refractivity contribution in [2.45, 2.75) is 20.0 Å². The molecule has 6 heteroatoms. The first kappa shape index (κ1) is 14.1. The van der Waals surface area contributed by atoms with Crippen LogP contribution in [-0.2, 0) is 23.3 Å². The second-order valence-corrected chi connectivity index (χ2v) is 5.65. The van der Waals surface area contributed by atoms with E-state index in [0.717, 1.165) is 11.1 Å². The largest absolute Gasteiger partial charge is 0.326 e. The van der Waals surface area contributed by atoms with Gasteiger partial charge in [-0.1, -0.05) is 31.2 Å². The van der Waals surface area contributed by atoms with E-state index in [9.17, 15) is 8.42 Å². The SMILES string of the molecule is CCNS(=O)(=O)N(C)Cc1cccc(CN)c1. The van der Waals surface area contributed by atoms with Gasteiger partial charge in [0.25, 0.3) is 10.2 Å². The van der Waals surface area contributed by atoms with Crippen LogP contribution in [0.3, 0.4) is 0 Å². The van der Waals surface area contributed by atoms with Crippen molar-refractivity contribution in [1.82, 2.24) is 9.03 Å². The Bertz CT molecular complexity index is 460. The average molecular weight is 257 g/mol. The normalized spacial score (nSPS) is 12.0. The summed E-state index contributed by atoms with van der Waals surface area (Å²) in [4.78, 5) is 0. The van der Waals surface area contributed by atoms with Crippen molar-refractivity contribution in [3.8, 4) is 0 Å². The summed E-state index contributed by atoms with van der Waals surface area (Å²) in [7, 11) is -1.83. The molecule has 5 nitrogen and oxygen atoms in total. The molecule has 0 aromatic heterocycles. The van der Waals surface area contributed by atoms with Gasteiger partial charge in [-0.05, 0) is 11.1 Å². The van der Waals surface area contributed by atoms with Crippen LogP contribution in [0.4, 0.5) is 0 Å². The van der Waals surface area contributed by atoms with Crippen molar-refractivity contribution < 1.29 is 8.42 Å². The first-order valence-electron chi connectivity index (χ1n) is 5.48. The van der Waals surface area contributed by atoms with Crippen molar-refractivity contribution >= 4 is 10.2 Å². The van der Waals surface area contributed by atoms with Crippen molar-refractivity contribution in [2.75, 3.05) is 13.6 Å². The summed E-state index contributed by atoms with van der Waals surface area (Å²) in [6.45, 7) is 2.93. The standard InChI is InChI=1S/C11H19N3O2S/c1-3-13-17(15,16)14(2)9-11-6-4-5-10(7-11)8-12/h4-7,13H,3,8-9,12H2,1-2H3. The van der Waals surface area contributed by atoms with E-state index >= 15 is 0 Å². The molecule has 0 radical (unpaired) electrons. The molecule has 0 amide bonds. The molecule has 0 saturated heterocycles. The van der Waals surface area contributed by atoms with Crippen LogP contribution in [0.1, 0.15) is 18.1 Å². The molecule has 1 aromatic carbocycles. The molecule has 0 heterocycles. The Hall–Kier alpha value is -0.950. The van der Waals surface area contributed by atoms with E-state index in [1.165, 1.54) is 4.31 Å². The number of nitrogens with zero attached hydrogens (tertiary/aromatic N) is 1. The van der Waals surface area contributed by atoms with E-state index in [-0.39, 0.29) is 0 Å². The Morgan fingerprint density at radius 2 is 2.00 bits per heavy atom. The maximum atomic E-state index is 11.7. The van der Waals surface area contributed by atoms with Crippen molar-refractivity contribution in [3.05, 3.63) is 35.4 Å². The van der Waals surface area contributed by atoms with Crippen LogP contribution in [-0.4, -0.2) is 26.3 Å². The predicted octanol–water partition coefficient (Wildman–Crippen LogP) is 0.431. The van der Waals surface area contributed by atoms with E-state index in [1.54, 1.807) is 14.0 Å². The average Bonchev–Trinajstić information content (AvgIpc) is 2.29. The first-order valence-corrected chi connectivity index (χ1v) is 6.92. The molecule has 0 aliphatic heterocycles. The van der Waals surface area contributed by atoms with Crippen LogP contribution >= 0.6 is 0 Å². The second-order valence-electron chi connectivity index (χ2n) is 3.78. The molecule has 0 unspecified atom stereocenters. The third-order valence-electron chi connectivity index (χ3n) is 2.37. The van der Waals surface area contributed by atoms with Crippen LogP contribution in [0.15, 0.2) is 24.3 Å². The minimum absolute atomic E-state index is 0.336. The summed E-state index contributed by atoms with van der Waals surface area (Å²) in [6.07, 6.45) is 0. The van der Waals surface area contributed by atoms with Gasteiger partial charge in [-0.25, -0.2) is 4.72 Å². The van der Waals surface area contributed by atoms with E-state index in [0.29, 0.717) is 19.6 Å². The monoisotopic (exact) mass is 257 g/mol. The van der Waals surface area contributed by atoms with Gasteiger partial charge in [-0.15, -0.1) is 0 Å². The van der Waals surface area contributed by atoms with Crippen molar-refractivity contribution in [3.63, 3.8) is 0 Å². The molecule has 0 fully saturated rings. The van der Waals surface area contributed by atoms with Crippen LogP contribution in [0.5, 0.6) is 0 Å². The fourth-order valence-electron chi connectivity index (χ4n) is 1.49. The Balaban J connectivity index is 2.77. The lowest BCUT2D eigenvalue weighted by atomic mass is 10.1. The van der Waals surface area contributed by atoms with E-state index in [2.05, 4.69) is 4.72 Å². The Kier molecular flexibility index (Phi) is 5.07. The highest BCUT2D eigenvalue weighted by Gasteiger charge is 2.16. The summed E-state index contributed by atoms with van der Waals surface area (Å²) in [5.74, 6) is 0. The van der Waals surface area contributed by atoms with E-state index < -0.39 is 10.2 Å². The summed E-state index contributed by atoms with van der Waals surface area (Å²) in [5.41, 5.74) is 7.46. The topological polar surface area (TPSA) is 75.4 Å². The maximum absolute atomic E-state index is 11.7. The van der Waals surface area contributed by atoms with E-state index in [4.69, 9.17) is 5.73 Å². The van der Waals surface area contributed by atoms with Crippen molar-refractivity contribution in [2.24, 2.45) is 5.73 Å². The lowest BCUT2D eigenvalue weighted by Crippen LogP contribution is -2.37. The fourth-order valence-corrected chi connectivity index (χ4v) is 2.39. The zero-order chi connectivity index (χ0) is 12.9. The van der Waals surface area contributed by atoms with Crippen LogP contribution in [0.25, 0.3) is 0 Å². The van der Waals surface area contributed by atoms with Gasteiger partial charge in [0.1, 0.15) is 0 Å². The summed E-state index contributed by atoms with van der Waals surface area (Å²) in [6, 6.07) is 7.60. The fraction of sp³-hybridized carbons (Fsp3) is 0.455. The van der Waals surface area contributed by atoms with Gasteiger partial charge in [0.05, 0.1) is 0 Å². The molecule has 1 aromatic rings. The Morgan fingerprint density at radius 3 is 2.59 bits per heavy atom. The molecule has 0 aliphatic carbocycles. The second kappa shape index (κ2) is 6.11. The molecule has 1 rings (SSSR count). The molecule has 3 N–H and O–H groups in total. The molecule has 0 aliphatic rings. The number of nitrogens with two attached hydrogens (primary N) is 1. The quantitative estimate of drug-likeness (QED) is 0.776. The third kappa shape index (κ3) is 4.08. The van der Waals surface area contributed by atoms with Gasteiger partial charge in [0, 0.05) is 26.7 Å². The lowest BCUT2D eigenvalue weighted by Gasteiger charge is -2.17.